The number of amides is 1. The maximum Gasteiger partial charge on any atom is 0.245 e. The Morgan fingerprint density at radius 3 is 2.90 bits per heavy atom. The highest BCUT2D eigenvalue weighted by atomic mass is 32.2. The van der Waals surface area contributed by atoms with Gasteiger partial charge in [-0.05, 0) is 37.9 Å². The number of piperidine rings is 1. The van der Waals surface area contributed by atoms with E-state index in [-0.39, 0.29) is 23.3 Å². The van der Waals surface area contributed by atoms with Crippen LogP contribution in [0, 0.1) is 5.92 Å². The summed E-state index contributed by atoms with van der Waals surface area (Å²) >= 11 is 0.999. The van der Waals surface area contributed by atoms with E-state index in [1.807, 2.05) is 0 Å². The van der Waals surface area contributed by atoms with Crippen molar-refractivity contribution in [1.29, 1.82) is 0 Å². The van der Waals surface area contributed by atoms with Gasteiger partial charge in [0, 0.05) is 32.7 Å². The molecule has 1 aromatic heterocycles. The summed E-state index contributed by atoms with van der Waals surface area (Å²) < 4.78 is 41.5. The Bertz CT molecular complexity index is 974. The van der Waals surface area contributed by atoms with Crippen LogP contribution in [0.2, 0.25) is 0 Å². The van der Waals surface area contributed by atoms with Crippen LogP contribution in [-0.2, 0) is 19.6 Å². The SMILES string of the molecule is O=C(NCCCN1CCOCC1)C1CCCN(S(=O)(=O)c2cccc3nsnc23)C1. The maximum absolute atomic E-state index is 13.2. The van der Waals surface area contributed by atoms with Gasteiger partial charge in [0.1, 0.15) is 15.9 Å². The Balaban J connectivity index is 1.33. The van der Waals surface area contributed by atoms with Gasteiger partial charge in [0.25, 0.3) is 0 Å². The van der Waals surface area contributed by atoms with Crippen LogP contribution in [0.3, 0.4) is 0 Å². The molecule has 0 bridgehead atoms. The monoisotopic (exact) mass is 453 g/mol. The molecule has 9 nitrogen and oxygen atoms in total. The van der Waals surface area contributed by atoms with Gasteiger partial charge >= 0.3 is 0 Å². The number of benzene rings is 1. The van der Waals surface area contributed by atoms with Crippen molar-refractivity contribution in [2.75, 3.05) is 52.5 Å². The minimum atomic E-state index is -3.73. The molecule has 11 heteroatoms. The summed E-state index contributed by atoms with van der Waals surface area (Å²) in [6.07, 6.45) is 2.24. The molecule has 3 heterocycles. The molecule has 1 aromatic carbocycles. The van der Waals surface area contributed by atoms with Crippen LogP contribution in [0.15, 0.2) is 23.1 Å². The molecule has 0 aliphatic carbocycles. The lowest BCUT2D eigenvalue weighted by atomic mass is 9.99. The van der Waals surface area contributed by atoms with Crippen LogP contribution in [0.25, 0.3) is 11.0 Å². The number of rotatable bonds is 7. The third-order valence-electron chi connectivity index (χ3n) is 5.68. The molecule has 2 saturated heterocycles. The summed E-state index contributed by atoms with van der Waals surface area (Å²) in [6, 6.07) is 4.99. The number of hydrogen-bond acceptors (Lipinski definition) is 8. The Kier molecular flexibility index (Phi) is 6.94. The molecular weight excluding hydrogens is 426 g/mol. The van der Waals surface area contributed by atoms with Gasteiger partial charge in [-0.3, -0.25) is 9.69 Å². The summed E-state index contributed by atoms with van der Waals surface area (Å²) in [5, 5.41) is 2.99. The van der Waals surface area contributed by atoms with Gasteiger partial charge in [-0.2, -0.15) is 13.1 Å². The van der Waals surface area contributed by atoms with Gasteiger partial charge in [0.05, 0.1) is 30.9 Å². The zero-order valence-corrected chi connectivity index (χ0v) is 18.5. The zero-order valence-electron chi connectivity index (χ0n) is 16.8. The average Bonchev–Trinajstić information content (AvgIpc) is 3.26. The second-order valence-corrected chi connectivity index (χ2v) is 10.1. The van der Waals surface area contributed by atoms with Crippen LogP contribution in [0.1, 0.15) is 19.3 Å². The highest BCUT2D eigenvalue weighted by Crippen LogP contribution is 2.28. The van der Waals surface area contributed by atoms with Gasteiger partial charge in [0.15, 0.2) is 0 Å². The number of nitrogens with one attached hydrogen (secondary N) is 1. The summed E-state index contributed by atoms with van der Waals surface area (Å²) in [4.78, 5) is 15.1. The second kappa shape index (κ2) is 9.65. The summed E-state index contributed by atoms with van der Waals surface area (Å²) in [5.74, 6) is -0.393. The number of ether oxygens (including phenoxy) is 1. The minimum Gasteiger partial charge on any atom is -0.379 e. The molecule has 2 fully saturated rings. The Labute approximate surface area is 180 Å². The number of aromatic nitrogens is 2. The summed E-state index contributed by atoms with van der Waals surface area (Å²) in [6.45, 7) is 5.55. The standard InChI is InChI=1S/C19H27N5O4S2/c25-19(20-7-3-8-23-10-12-28-13-11-23)15-4-2-9-24(14-15)30(26,27)17-6-1-5-16-18(17)22-29-21-16/h1,5-6,15H,2-4,7-14H2,(H,20,25). The fourth-order valence-electron chi connectivity index (χ4n) is 3.99. The summed E-state index contributed by atoms with van der Waals surface area (Å²) in [5.41, 5.74) is 0.977. The molecule has 4 rings (SSSR count). The van der Waals surface area contributed by atoms with E-state index in [1.165, 1.54) is 4.31 Å². The first kappa shape index (κ1) is 21.6. The lowest BCUT2D eigenvalue weighted by Crippen LogP contribution is -2.46. The number of fused-ring (bicyclic) bond motifs is 1. The fourth-order valence-corrected chi connectivity index (χ4v) is 6.26. The molecule has 1 N–H and O–H groups in total. The van der Waals surface area contributed by atoms with Gasteiger partial charge in [-0.1, -0.05) is 6.07 Å². The molecular formula is C19H27N5O4S2. The number of carbonyl (C=O) groups is 1. The third-order valence-corrected chi connectivity index (χ3v) is 8.12. The van der Waals surface area contributed by atoms with Gasteiger partial charge in [-0.15, -0.1) is 0 Å². The van der Waals surface area contributed by atoms with Gasteiger partial charge < -0.3 is 10.1 Å². The first-order valence-corrected chi connectivity index (χ1v) is 12.5. The van der Waals surface area contributed by atoms with E-state index < -0.39 is 10.0 Å². The van der Waals surface area contributed by atoms with Crippen LogP contribution < -0.4 is 5.32 Å². The molecule has 2 aliphatic rings. The normalized spacial score (nSPS) is 21.7. The van der Waals surface area contributed by atoms with Crippen LogP contribution in [0.5, 0.6) is 0 Å². The van der Waals surface area contributed by atoms with E-state index in [1.54, 1.807) is 18.2 Å². The van der Waals surface area contributed by atoms with Crippen molar-refractivity contribution in [1.82, 2.24) is 23.3 Å². The predicted molar refractivity (Wildman–Crippen MR) is 114 cm³/mol. The first-order valence-electron chi connectivity index (χ1n) is 10.3. The van der Waals surface area contributed by atoms with E-state index in [2.05, 4.69) is 19.0 Å². The molecule has 1 unspecified atom stereocenters. The fraction of sp³-hybridized carbons (Fsp3) is 0.632. The predicted octanol–water partition coefficient (Wildman–Crippen LogP) is 0.931. The van der Waals surface area contributed by atoms with Crippen molar-refractivity contribution in [3.63, 3.8) is 0 Å². The first-order chi connectivity index (χ1) is 14.6. The molecule has 1 amide bonds. The number of carbonyl (C=O) groups excluding carboxylic acids is 1. The van der Waals surface area contributed by atoms with Crippen molar-refractivity contribution in [2.45, 2.75) is 24.2 Å². The topological polar surface area (TPSA) is 105 Å². The highest BCUT2D eigenvalue weighted by molar-refractivity contribution is 7.89. The molecule has 164 valence electrons. The lowest BCUT2D eigenvalue weighted by molar-refractivity contribution is -0.126. The van der Waals surface area contributed by atoms with Crippen molar-refractivity contribution >= 4 is 38.7 Å². The lowest BCUT2D eigenvalue weighted by Gasteiger charge is -2.31. The molecule has 2 aliphatic heterocycles. The summed E-state index contributed by atoms with van der Waals surface area (Å²) in [7, 11) is -3.73. The molecule has 1 atom stereocenters. The van der Waals surface area contributed by atoms with E-state index >= 15 is 0 Å². The number of sulfonamides is 1. The van der Waals surface area contributed by atoms with Crippen LogP contribution >= 0.6 is 11.7 Å². The van der Waals surface area contributed by atoms with Crippen molar-refractivity contribution in [3.8, 4) is 0 Å². The molecule has 0 spiro atoms. The molecule has 0 saturated carbocycles. The third kappa shape index (κ3) is 4.80. The minimum absolute atomic E-state index is 0.0644. The average molecular weight is 454 g/mol. The van der Waals surface area contributed by atoms with E-state index in [4.69, 9.17) is 4.74 Å². The van der Waals surface area contributed by atoms with Crippen molar-refractivity contribution < 1.29 is 17.9 Å². The molecule has 2 aromatic rings. The second-order valence-electron chi connectivity index (χ2n) is 7.69. The Morgan fingerprint density at radius 2 is 2.07 bits per heavy atom. The number of nitrogens with zero attached hydrogens (tertiary/aromatic N) is 4. The van der Waals surface area contributed by atoms with E-state index in [0.29, 0.717) is 37.0 Å². The van der Waals surface area contributed by atoms with Gasteiger partial charge in [-0.25, -0.2) is 8.42 Å². The van der Waals surface area contributed by atoms with E-state index in [9.17, 15) is 13.2 Å². The quantitative estimate of drug-likeness (QED) is 0.622. The largest absolute Gasteiger partial charge is 0.379 e. The maximum atomic E-state index is 13.2. The number of hydrogen-bond donors (Lipinski definition) is 1. The van der Waals surface area contributed by atoms with Gasteiger partial charge in [0.2, 0.25) is 15.9 Å². The number of morpholine rings is 1. The smallest absolute Gasteiger partial charge is 0.245 e. The van der Waals surface area contributed by atoms with E-state index in [0.717, 1.165) is 51.0 Å². The Hall–Kier alpha value is -1.66. The van der Waals surface area contributed by atoms with Crippen molar-refractivity contribution in [2.24, 2.45) is 5.92 Å². The Morgan fingerprint density at radius 1 is 1.23 bits per heavy atom. The van der Waals surface area contributed by atoms with Crippen LogP contribution in [0.4, 0.5) is 0 Å². The highest BCUT2D eigenvalue weighted by Gasteiger charge is 2.34. The van der Waals surface area contributed by atoms with Crippen molar-refractivity contribution in [3.05, 3.63) is 18.2 Å². The van der Waals surface area contributed by atoms with Crippen LogP contribution in [-0.4, -0.2) is 84.8 Å². The zero-order chi connectivity index (χ0) is 21.0. The molecule has 0 radical (unpaired) electrons. The molecule has 30 heavy (non-hydrogen) atoms.